The number of benzene rings is 2. The second kappa shape index (κ2) is 7.71. The first-order chi connectivity index (χ1) is 10.6. The first-order valence-corrected chi connectivity index (χ1v) is 7.38. The van der Waals surface area contributed by atoms with Crippen LogP contribution < -0.4 is 14.8 Å². The summed E-state index contributed by atoms with van der Waals surface area (Å²) in [6.07, 6.45) is -0.0463. The van der Waals surface area contributed by atoms with Crippen LogP contribution in [-0.4, -0.2) is 19.1 Å². The molecule has 0 spiro atoms. The topological polar surface area (TPSA) is 47.6 Å². The maximum atomic E-state index is 12.4. The van der Waals surface area contributed by atoms with Gasteiger partial charge in [0.25, 0.3) is 5.91 Å². The summed E-state index contributed by atoms with van der Waals surface area (Å²) >= 11 is 5.96. The summed E-state index contributed by atoms with van der Waals surface area (Å²) in [7, 11) is 1.54. The van der Waals surface area contributed by atoms with Crippen LogP contribution in [-0.2, 0) is 4.79 Å². The Balaban J connectivity index is 2.11. The summed E-state index contributed by atoms with van der Waals surface area (Å²) < 4.78 is 10.9. The van der Waals surface area contributed by atoms with Crippen molar-refractivity contribution in [2.75, 3.05) is 12.4 Å². The highest BCUT2D eigenvalue weighted by Gasteiger charge is 2.20. The Kier molecular flexibility index (Phi) is 5.67. The summed E-state index contributed by atoms with van der Waals surface area (Å²) in [5.74, 6) is 0.960. The average molecular weight is 320 g/mol. The zero-order chi connectivity index (χ0) is 15.9. The molecule has 0 bridgehead atoms. The fraction of sp³-hybridized carbons (Fsp3) is 0.235. The van der Waals surface area contributed by atoms with E-state index in [0.717, 1.165) is 0 Å². The van der Waals surface area contributed by atoms with Crippen molar-refractivity contribution in [2.24, 2.45) is 0 Å². The Hall–Kier alpha value is -2.20. The molecule has 0 saturated carbocycles. The molecule has 1 N–H and O–H groups in total. The van der Waals surface area contributed by atoms with Gasteiger partial charge in [-0.15, -0.1) is 0 Å². The van der Waals surface area contributed by atoms with Crippen molar-refractivity contribution in [3.63, 3.8) is 0 Å². The predicted molar refractivity (Wildman–Crippen MR) is 87.8 cm³/mol. The molecule has 116 valence electrons. The zero-order valence-corrected chi connectivity index (χ0v) is 13.3. The SMILES string of the molecule is CCC(Oc1ccccc1)C(=O)Nc1cc(Cl)ccc1OC. The lowest BCUT2D eigenvalue weighted by Gasteiger charge is -2.18. The van der Waals surface area contributed by atoms with Gasteiger partial charge in [-0.1, -0.05) is 36.7 Å². The molecule has 1 amide bonds. The lowest BCUT2D eigenvalue weighted by molar-refractivity contribution is -0.122. The van der Waals surface area contributed by atoms with Gasteiger partial charge < -0.3 is 14.8 Å². The standard InChI is InChI=1S/C17H18ClNO3/c1-3-15(22-13-7-5-4-6-8-13)17(20)19-14-11-12(18)9-10-16(14)21-2/h4-11,15H,3H2,1-2H3,(H,19,20). The highest BCUT2D eigenvalue weighted by Crippen LogP contribution is 2.28. The second-order valence-corrected chi connectivity index (χ2v) is 5.10. The Morgan fingerprint density at radius 3 is 2.59 bits per heavy atom. The monoisotopic (exact) mass is 319 g/mol. The molecule has 0 saturated heterocycles. The van der Waals surface area contributed by atoms with Gasteiger partial charge in [-0.3, -0.25) is 4.79 Å². The van der Waals surface area contributed by atoms with Gasteiger partial charge in [-0.2, -0.15) is 0 Å². The number of carbonyl (C=O) groups is 1. The van der Waals surface area contributed by atoms with Crippen molar-refractivity contribution in [3.8, 4) is 11.5 Å². The minimum absolute atomic E-state index is 0.244. The highest BCUT2D eigenvalue weighted by atomic mass is 35.5. The largest absolute Gasteiger partial charge is 0.495 e. The van der Waals surface area contributed by atoms with Gasteiger partial charge in [-0.05, 0) is 36.8 Å². The summed E-state index contributed by atoms with van der Waals surface area (Å²) in [6.45, 7) is 1.89. The number of hydrogen-bond donors (Lipinski definition) is 1. The van der Waals surface area contributed by atoms with Crippen LogP contribution in [0.25, 0.3) is 0 Å². The van der Waals surface area contributed by atoms with Crippen molar-refractivity contribution in [1.29, 1.82) is 0 Å². The quantitative estimate of drug-likeness (QED) is 0.870. The normalized spacial score (nSPS) is 11.6. The summed E-state index contributed by atoms with van der Waals surface area (Å²) in [5.41, 5.74) is 0.523. The number of methoxy groups -OCH3 is 1. The van der Waals surface area contributed by atoms with Crippen LogP contribution in [0.5, 0.6) is 11.5 Å². The molecule has 1 atom stereocenters. The summed E-state index contributed by atoms with van der Waals surface area (Å²) in [4.78, 5) is 12.4. The van der Waals surface area contributed by atoms with Gasteiger partial charge in [-0.25, -0.2) is 0 Å². The molecular weight excluding hydrogens is 302 g/mol. The minimum Gasteiger partial charge on any atom is -0.495 e. The summed E-state index contributed by atoms with van der Waals surface area (Å²) in [6, 6.07) is 14.3. The van der Waals surface area contributed by atoms with E-state index in [1.54, 1.807) is 18.2 Å². The van der Waals surface area contributed by atoms with Gasteiger partial charge in [0.2, 0.25) is 0 Å². The first kappa shape index (κ1) is 16.2. The zero-order valence-electron chi connectivity index (χ0n) is 12.5. The third-order valence-electron chi connectivity index (χ3n) is 3.10. The summed E-state index contributed by atoms with van der Waals surface area (Å²) in [5, 5.41) is 3.32. The van der Waals surface area contributed by atoms with Crippen LogP contribution in [0.4, 0.5) is 5.69 Å². The van der Waals surface area contributed by atoms with Gasteiger partial charge in [0.05, 0.1) is 12.8 Å². The number of halogens is 1. The van der Waals surface area contributed by atoms with Gasteiger partial charge in [0, 0.05) is 5.02 Å². The molecular formula is C17H18ClNO3. The van der Waals surface area contributed by atoms with E-state index >= 15 is 0 Å². The smallest absolute Gasteiger partial charge is 0.265 e. The molecule has 2 rings (SSSR count). The third-order valence-corrected chi connectivity index (χ3v) is 3.34. The maximum absolute atomic E-state index is 12.4. The van der Waals surface area contributed by atoms with E-state index in [4.69, 9.17) is 21.1 Å². The van der Waals surface area contributed by atoms with E-state index in [1.165, 1.54) is 7.11 Å². The van der Waals surface area contributed by atoms with E-state index in [2.05, 4.69) is 5.32 Å². The van der Waals surface area contributed by atoms with Crippen LogP contribution in [0.2, 0.25) is 5.02 Å². The second-order valence-electron chi connectivity index (χ2n) is 4.66. The molecule has 1 unspecified atom stereocenters. The van der Waals surface area contributed by atoms with Crippen LogP contribution >= 0.6 is 11.6 Å². The number of anilines is 1. The fourth-order valence-corrected chi connectivity index (χ4v) is 2.15. The highest BCUT2D eigenvalue weighted by molar-refractivity contribution is 6.31. The van der Waals surface area contributed by atoms with Crippen LogP contribution in [0, 0.1) is 0 Å². The molecule has 4 nitrogen and oxygen atoms in total. The number of rotatable bonds is 6. The number of amides is 1. The molecule has 22 heavy (non-hydrogen) atoms. The molecule has 2 aromatic carbocycles. The lowest BCUT2D eigenvalue weighted by Crippen LogP contribution is -2.32. The van der Waals surface area contributed by atoms with Crippen molar-refractivity contribution >= 4 is 23.2 Å². The van der Waals surface area contributed by atoms with Crippen molar-refractivity contribution in [3.05, 3.63) is 53.6 Å². The molecule has 0 aliphatic heterocycles. The van der Waals surface area contributed by atoms with E-state index in [9.17, 15) is 4.79 Å². The molecule has 0 aromatic heterocycles. The van der Waals surface area contributed by atoms with Gasteiger partial charge in [0.1, 0.15) is 11.5 Å². The van der Waals surface area contributed by atoms with Crippen molar-refractivity contribution < 1.29 is 14.3 Å². The molecule has 0 fully saturated rings. The molecule has 5 heteroatoms. The van der Waals surface area contributed by atoms with E-state index in [-0.39, 0.29) is 5.91 Å². The van der Waals surface area contributed by atoms with Gasteiger partial charge >= 0.3 is 0 Å². The Morgan fingerprint density at radius 1 is 1.23 bits per heavy atom. The minimum atomic E-state index is -0.592. The average Bonchev–Trinajstić information content (AvgIpc) is 2.53. The van der Waals surface area contributed by atoms with Crippen molar-refractivity contribution in [1.82, 2.24) is 0 Å². The number of hydrogen-bond acceptors (Lipinski definition) is 3. The van der Waals surface area contributed by atoms with E-state index in [0.29, 0.717) is 28.6 Å². The molecule has 0 radical (unpaired) electrons. The Morgan fingerprint density at radius 2 is 1.95 bits per heavy atom. The Bertz CT molecular complexity index is 631. The van der Waals surface area contributed by atoms with Gasteiger partial charge in [0.15, 0.2) is 6.10 Å². The molecule has 2 aromatic rings. The molecule has 0 heterocycles. The van der Waals surface area contributed by atoms with E-state index < -0.39 is 6.10 Å². The van der Waals surface area contributed by atoms with Crippen LogP contribution in [0.15, 0.2) is 48.5 Å². The predicted octanol–water partition coefficient (Wildman–Crippen LogP) is 4.14. The maximum Gasteiger partial charge on any atom is 0.265 e. The Labute approximate surface area is 135 Å². The van der Waals surface area contributed by atoms with Crippen molar-refractivity contribution in [2.45, 2.75) is 19.4 Å². The van der Waals surface area contributed by atoms with Crippen LogP contribution in [0.1, 0.15) is 13.3 Å². The third kappa shape index (κ3) is 4.15. The number of para-hydroxylation sites is 1. The molecule has 0 aliphatic rings. The number of nitrogens with one attached hydrogen (secondary N) is 1. The van der Waals surface area contributed by atoms with E-state index in [1.807, 2.05) is 37.3 Å². The van der Waals surface area contributed by atoms with Crippen LogP contribution in [0.3, 0.4) is 0 Å². The first-order valence-electron chi connectivity index (χ1n) is 7.00. The number of ether oxygens (including phenoxy) is 2. The fourth-order valence-electron chi connectivity index (χ4n) is 1.98. The lowest BCUT2D eigenvalue weighted by atomic mass is 10.2. The molecule has 0 aliphatic carbocycles. The number of carbonyl (C=O) groups excluding carboxylic acids is 1.